The van der Waals surface area contributed by atoms with Gasteiger partial charge in [0, 0.05) is 37.0 Å². The van der Waals surface area contributed by atoms with Crippen molar-refractivity contribution in [2.75, 3.05) is 13.7 Å². The first kappa shape index (κ1) is 13.4. The zero-order valence-corrected chi connectivity index (χ0v) is 11.0. The van der Waals surface area contributed by atoms with Crippen LogP contribution in [0.1, 0.15) is 11.3 Å². The molecule has 19 heavy (non-hydrogen) atoms. The van der Waals surface area contributed by atoms with Gasteiger partial charge in [0.05, 0.1) is 7.11 Å². The maximum atomic E-state index is 9.74. The third kappa shape index (κ3) is 3.96. The molecule has 2 aromatic rings. The summed E-state index contributed by atoms with van der Waals surface area (Å²) in [5, 5.41) is 13.0. The van der Waals surface area contributed by atoms with Crippen molar-refractivity contribution in [2.45, 2.75) is 13.0 Å². The zero-order valence-electron chi connectivity index (χ0n) is 11.0. The first-order valence-corrected chi connectivity index (χ1v) is 6.26. The third-order valence-corrected chi connectivity index (χ3v) is 2.89. The second kappa shape index (κ2) is 6.75. The third-order valence-electron chi connectivity index (χ3n) is 2.89. The van der Waals surface area contributed by atoms with Gasteiger partial charge in [0.25, 0.3) is 0 Å². The maximum absolute atomic E-state index is 9.74. The molecular weight excluding hydrogens is 240 g/mol. The van der Waals surface area contributed by atoms with Gasteiger partial charge in [-0.3, -0.25) is 4.98 Å². The summed E-state index contributed by atoms with van der Waals surface area (Å²) in [6.45, 7) is 1.42. The van der Waals surface area contributed by atoms with Crippen LogP contribution in [0.4, 0.5) is 0 Å². The molecule has 2 N–H and O–H groups in total. The van der Waals surface area contributed by atoms with Gasteiger partial charge in [-0.1, -0.05) is 6.07 Å². The molecule has 0 saturated heterocycles. The van der Waals surface area contributed by atoms with Gasteiger partial charge in [0.2, 0.25) is 0 Å². The van der Waals surface area contributed by atoms with Crippen LogP contribution in [-0.2, 0) is 13.0 Å². The molecule has 0 aliphatic heterocycles. The lowest BCUT2D eigenvalue weighted by Gasteiger charge is -2.08. The highest BCUT2D eigenvalue weighted by atomic mass is 16.5. The molecule has 4 heteroatoms. The molecule has 100 valence electrons. The van der Waals surface area contributed by atoms with E-state index in [0.717, 1.165) is 30.0 Å². The first-order chi connectivity index (χ1) is 9.29. The van der Waals surface area contributed by atoms with E-state index >= 15 is 0 Å². The molecule has 0 atom stereocenters. The minimum absolute atomic E-state index is 0.283. The van der Waals surface area contributed by atoms with E-state index in [2.05, 4.69) is 10.3 Å². The van der Waals surface area contributed by atoms with Gasteiger partial charge in [0.15, 0.2) is 0 Å². The maximum Gasteiger partial charge on any atom is 0.120 e. The van der Waals surface area contributed by atoms with Crippen molar-refractivity contribution in [3.05, 3.63) is 53.9 Å². The van der Waals surface area contributed by atoms with Crippen LogP contribution < -0.4 is 10.1 Å². The normalized spacial score (nSPS) is 10.4. The second-order valence-corrected chi connectivity index (χ2v) is 4.24. The summed E-state index contributed by atoms with van der Waals surface area (Å²) < 4.78 is 5.14. The number of phenolic OH excluding ortho intramolecular Hbond substituents is 1. The Kier molecular flexibility index (Phi) is 4.75. The molecule has 0 fully saturated rings. The molecule has 1 aromatic heterocycles. The van der Waals surface area contributed by atoms with Crippen molar-refractivity contribution in [3.8, 4) is 11.5 Å². The number of aromatic hydroxyl groups is 1. The zero-order chi connectivity index (χ0) is 13.5. The lowest BCUT2D eigenvalue weighted by Crippen LogP contribution is -2.17. The number of benzene rings is 1. The van der Waals surface area contributed by atoms with Crippen LogP contribution in [-0.4, -0.2) is 23.7 Å². The topological polar surface area (TPSA) is 54.4 Å². The number of hydrogen-bond donors (Lipinski definition) is 2. The summed E-state index contributed by atoms with van der Waals surface area (Å²) >= 11 is 0. The summed E-state index contributed by atoms with van der Waals surface area (Å²) in [4.78, 5) is 4.26. The molecule has 0 amide bonds. The molecule has 0 unspecified atom stereocenters. The average Bonchev–Trinajstić information content (AvgIpc) is 2.46. The number of phenols is 1. The van der Waals surface area contributed by atoms with Crippen LogP contribution in [0.2, 0.25) is 0 Å². The summed E-state index contributed by atoms with van der Waals surface area (Å²) in [7, 11) is 1.62. The Bertz CT molecular complexity index is 515. The predicted molar refractivity (Wildman–Crippen MR) is 74.3 cm³/mol. The van der Waals surface area contributed by atoms with Crippen molar-refractivity contribution in [3.63, 3.8) is 0 Å². The highest BCUT2D eigenvalue weighted by molar-refractivity contribution is 5.39. The fraction of sp³-hybridized carbons (Fsp3) is 0.267. The van der Waals surface area contributed by atoms with E-state index < -0.39 is 0 Å². The van der Waals surface area contributed by atoms with E-state index in [1.54, 1.807) is 25.4 Å². The second-order valence-electron chi connectivity index (χ2n) is 4.24. The van der Waals surface area contributed by atoms with Crippen LogP contribution in [0.25, 0.3) is 0 Å². The van der Waals surface area contributed by atoms with E-state index in [-0.39, 0.29) is 5.75 Å². The van der Waals surface area contributed by atoms with Gasteiger partial charge in [0.1, 0.15) is 11.5 Å². The number of methoxy groups -OCH3 is 1. The number of aromatic nitrogens is 1. The standard InChI is InChI=1S/C15H18N2O2/c1-19-14-5-6-15(18)12(10-14)11-16-9-7-13-4-2-3-8-17-13/h2-6,8,10,16,18H,7,9,11H2,1H3. The van der Waals surface area contributed by atoms with Crippen molar-refractivity contribution in [2.24, 2.45) is 0 Å². The molecule has 0 radical (unpaired) electrons. The molecular formula is C15H18N2O2. The summed E-state index contributed by atoms with van der Waals surface area (Å²) in [6, 6.07) is 11.1. The molecule has 0 aliphatic carbocycles. The van der Waals surface area contributed by atoms with Gasteiger partial charge in [-0.15, -0.1) is 0 Å². The van der Waals surface area contributed by atoms with E-state index in [1.165, 1.54) is 0 Å². The molecule has 2 rings (SSSR count). The van der Waals surface area contributed by atoms with Gasteiger partial charge < -0.3 is 15.2 Å². The Morgan fingerprint density at radius 2 is 2.16 bits per heavy atom. The van der Waals surface area contributed by atoms with E-state index in [0.29, 0.717) is 6.54 Å². The van der Waals surface area contributed by atoms with E-state index in [1.807, 2.05) is 24.3 Å². The fourth-order valence-electron chi connectivity index (χ4n) is 1.82. The van der Waals surface area contributed by atoms with E-state index in [4.69, 9.17) is 4.74 Å². The number of nitrogens with one attached hydrogen (secondary N) is 1. The van der Waals surface area contributed by atoms with Crippen LogP contribution in [0.5, 0.6) is 11.5 Å². The number of ether oxygens (including phenoxy) is 1. The van der Waals surface area contributed by atoms with Crippen LogP contribution >= 0.6 is 0 Å². The summed E-state index contributed by atoms with van der Waals surface area (Å²) in [6.07, 6.45) is 2.66. The molecule has 0 spiro atoms. The Labute approximate surface area is 113 Å². The van der Waals surface area contributed by atoms with Crippen LogP contribution in [0.15, 0.2) is 42.6 Å². The predicted octanol–water partition coefficient (Wildman–Crippen LogP) is 2.13. The molecule has 4 nitrogen and oxygen atoms in total. The SMILES string of the molecule is COc1ccc(O)c(CNCCc2ccccn2)c1. The highest BCUT2D eigenvalue weighted by Crippen LogP contribution is 2.22. The molecule has 0 aliphatic rings. The smallest absolute Gasteiger partial charge is 0.120 e. The number of hydrogen-bond acceptors (Lipinski definition) is 4. The average molecular weight is 258 g/mol. The summed E-state index contributed by atoms with van der Waals surface area (Å²) in [5.74, 6) is 1.03. The lowest BCUT2D eigenvalue weighted by molar-refractivity contribution is 0.410. The fourth-order valence-corrected chi connectivity index (χ4v) is 1.82. The lowest BCUT2D eigenvalue weighted by atomic mass is 10.2. The largest absolute Gasteiger partial charge is 0.508 e. The Morgan fingerprint density at radius 3 is 2.89 bits per heavy atom. The number of nitrogens with zero attached hydrogens (tertiary/aromatic N) is 1. The Hall–Kier alpha value is -2.07. The Balaban J connectivity index is 1.82. The molecule has 0 saturated carbocycles. The molecule has 1 heterocycles. The summed E-state index contributed by atoms with van der Waals surface area (Å²) in [5.41, 5.74) is 1.89. The quantitative estimate of drug-likeness (QED) is 0.779. The monoisotopic (exact) mass is 258 g/mol. The van der Waals surface area contributed by atoms with Crippen LogP contribution in [0, 0.1) is 0 Å². The highest BCUT2D eigenvalue weighted by Gasteiger charge is 2.02. The number of pyridine rings is 1. The number of rotatable bonds is 6. The van der Waals surface area contributed by atoms with Crippen molar-refractivity contribution < 1.29 is 9.84 Å². The van der Waals surface area contributed by atoms with Crippen molar-refractivity contribution in [1.29, 1.82) is 0 Å². The van der Waals surface area contributed by atoms with Crippen LogP contribution in [0.3, 0.4) is 0 Å². The van der Waals surface area contributed by atoms with Gasteiger partial charge in [-0.25, -0.2) is 0 Å². The van der Waals surface area contributed by atoms with Crippen molar-refractivity contribution >= 4 is 0 Å². The van der Waals surface area contributed by atoms with Gasteiger partial charge in [-0.2, -0.15) is 0 Å². The minimum Gasteiger partial charge on any atom is -0.508 e. The Morgan fingerprint density at radius 1 is 1.26 bits per heavy atom. The van der Waals surface area contributed by atoms with E-state index in [9.17, 15) is 5.11 Å². The van der Waals surface area contributed by atoms with Gasteiger partial charge in [-0.05, 0) is 30.3 Å². The van der Waals surface area contributed by atoms with Crippen molar-refractivity contribution in [1.82, 2.24) is 10.3 Å². The molecule has 0 bridgehead atoms. The molecule has 1 aromatic carbocycles. The minimum atomic E-state index is 0.283. The van der Waals surface area contributed by atoms with Gasteiger partial charge >= 0.3 is 0 Å². The first-order valence-electron chi connectivity index (χ1n) is 6.26.